The zero-order valence-corrected chi connectivity index (χ0v) is 10.8. The van der Waals surface area contributed by atoms with E-state index in [9.17, 15) is 0 Å². The predicted octanol–water partition coefficient (Wildman–Crippen LogP) is 1.77. The molecular formula is C11H22N2OS. The molecule has 0 aliphatic carbocycles. The SMILES string of the molecule is CCOC1CCCN(C(=S)NC(C)C)C1. The third kappa shape index (κ3) is 4.34. The molecule has 0 amide bonds. The minimum atomic E-state index is 0.357. The van der Waals surface area contributed by atoms with Crippen molar-refractivity contribution < 1.29 is 4.74 Å². The number of nitrogens with zero attached hydrogens (tertiary/aromatic N) is 1. The molecule has 0 radical (unpaired) electrons. The Balaban J connectivity index is 2.38. The summed E-state index contributed by atoms with van der Waals surface area (Å²) in [6.07, 6.45) is 2.69. The largest absolute Gasteiger partial charge is 0.377 e. The van der Waals surface area contributed by atoms with E-state index in [1.807, 2.05) is 6.92 Å². The van der Waals surface area contributed by atoms with Gasteiger partial charge in [-0.15, -0.1) is 0 Å². The summed E-state index contributed by atoms with van der Waals surface area (Å²) in [5.41, 5.74) is 0. The van der Waals surface area contributed by atoms with Crippen molar-refractivity contribution in [3.8, 4) is 0 Å². The molecule has 88 valence electrons. The van der Waals surface area contributed by atoms with Gasteiger partial charge in [-0.3, -0.25) is 0 Å². The molecule has 0 bridgehead atoms. The number of likely N-dealkylation sites (tertiary alicyclic amines) is 1. The van der Waals surface area contributed by atoms with E-state index in [2.05, 4.69) is 24.1 Å². The van der Waals surface area contributed by atoms with Crippen molar-refractivity contribution >= 4 is 17.3 Å². The number of piperidine rings is 1. The van der Waals surface area contributed by atoms with E-state index in [0.717, 1.165) is 31.2 Å². The summed E-state index contributed by atoms with van der Waals surface area (Å²) >= 11 is 5.35. The van der Waals surface area contributed by atoms with Gasteiger partial charge >= 0.3 is 0 Å². The van der Waals surface area contributed by atoms with Gasteiger partial charge in [0.05, 0.1) is 6.10 Å². The van der Waals surface area contributed by atoms with Crippen molar-refractivity contribution in [3.63, 3.8) is 0 Å². The van der Waals surface area contributed by atoms with E-state index in [1.165, 1.54) is 6.42 Å². The van der Waals surface area contributed by atoms with Crippen LogP contribution < -0.4 is 5.32 Å². The van der Waals surface area contributed by atoms with Crippen LogP contribution in [0.5, 0.6) is 0 Å². The summed E-state index contributed by atoms with van der Waals surface area (Å²) < 4.78 is 5.64. The quantitative estimate of drug-likeness (QED) is 0.747. The fourth-order valence-electron chi connectivity index (χ4n) is 1.83. The molecule has 1 aliphatic rings. The van der Waals surface area contributed by atoms with Crippen LogP contribution in [0.4, 0.5) is 0 Å². The van der Waals surface area contributed by atoms with Crippen LogP contribution in [0.2, 0.25) is 0 Å². The predicted molar refractivity (Wildman–Crippen MR) is 67.1 cm³/mol. The Morgan fingerprint density at radius 3 is 2.93 bits per heavy atom. The number of thiocarbonyl (C=S) groups is 1. The van der Waals surface area contributed by atoms with E-state index >= 15 is 0 Å². The minimum absolute atomic E-state index is 0.357. The van der Waals surface area contributed by atoms with Crippen molar-refractivity contribution in [2.24, 2.45) is 0 Å². The van der Waals surface area contributed by atoms with Gasteiger partial charge in [0, 0.05) is 25.7 Å². The molecule has 15 heavy (non-hydrogen) atoms. The van der Waals surface area contributed by atoms with Crippen LogP contribution in [-0.2, 0) is 4.74 Å². The van der Waals surface area contributed by atoms with Crippen LogP contribution in [0.25, 0.3) is 0 Å². The molecule has 0 aromatic carbocycles. The molecule has 1 aliphatic heterocycles. The number of ether oxygens (including phenoxy) is 1. The molecule has 4 heteroatoms. The van der Waals surface area contributed by atoms with E-state index in [0.29, 0.717) is 12.1 Å². The number of nitrogens with one attached hydrogen (secondary N) is 1. The maximum absolute atomic E-state index is 5.64. The first-order chi connectivity index (χ1) is 7.13. The van der Waals surface area contributed by atoms with Crippen molar-refractivity contribution in [3.05, 3.63) is 0 Å². The van der Waals surface area contributed by atoms with Crippen LogP contribution in [0.15, 0.2) is 0 Å². The smallest absolute Gasteiger partial charge is 0.169 e. The second kappa shape index (κ2) is 6.28. The lowest BCUT2D eigenvalue weighted by molar-refractivity contribution is 0.0233. The van der Waals surface area contributed by atoms with Crippen LogP contribution in [0, 0.1) is 0 Å². The van der Waals surface area contributed by atoms with Gasteiger partial charge in [0.1, 0.15) is 0 Å². The molecule has 1 atom stereocenters. The molecule has 1 N–H and O–H groups in total. The van der Waals surface area contributed by atoms with Gasteiger partial charge in [0.2, 0.25) is 0 Å². The van der Waals surface area contributed by atoms with Gasteiger partial charge in [-0.25, -0.2) is 0 Å². The minimum Gasteiger partial charge on any atom is -0.377 e. The Labute approximate surface area is 98.2 Å². The molecular weight excluding hydrogens is 208 g/mol. The Hall–Kier alpha value is -0.350. The summed E-state index contributed by atoms with van der Waals surface area (Å²) in [7, 11) is 0. The number of hydrogen-bond donors (Lipinski definition) is 1. The molecule has 1 heterocycles. The Kier molecular flexibility index (Phi) is 5.32. The maximum atomic E-state index is 5.64. The summed E-state index contributed by atoms with van der Waals surface area (Å²) in [5.74, 6) is 0. The van der Waals surface area contributed by atoms with Gasteiger partial charge in [-0.05, 0) is 45.8 Å². The highest BCUT2D eigenvalue weighted by Crippen LogP contribution is 2.13. The second-order valence-electron chi connectivity index (χ2n) is 4.27. The van der Waals surface area contributed by atoms with Crippen molar-refractivity contribution in [1.29, 1.82) is 0 Å². The lowest BCUT2D eigenvalue weighted by Gasteiger charge is -2.34. The van der Waals surface area contributed by atoms with Crippen LogP contribution >= 0.6 is 12.2 Å². The Bertz CT molecular complexity index is 207. The van der Waals surface area contributed by atoms with Gasteiger partial charge in [0.15, 0.2) is 5.11 Å². The van der Waals surface area contributed by atoms with Gasteiger partial charge in [-0.1, -0.05) is 0 Å². The van der Waals surface area contributed by atoms with Gasteiger partial charge in [-0.2, -0.15) is 0 Å². The summed E-state index contributed by atoms with van der Waals surface area (Å²) in [6.45, 7) is 9.05. The lowest BCUT2D eigenvalue weighted by Crippen LogP contribution is -2.49. The maximum Gasteiger partial charge on any atom is 0.169 e. The van der Waals surface area contributed by atoms with Gasteiger partial charge in [0.25, 0.3) is 0 Å². The summed E-state index contributed by atoms with van der Waals surface area (Å²) in [5, 5.41) is 4.15. The third-order valence-corrected chi connectivity index (χ3v) is 2.86. The van der Waals surface area contributed by atoms with Crippen LogP contribution in [-0.4, -0.2) is 41.9 Å². The second-order valence-corrected chi connectivity index (χ2v) is 4.66. The van der Waals surface area contributed by atoms with Crippen LogP contribution in [0.1, 0.15) is 33.6 Å². The molecule has 0 aromatic rings. The zero-order valence-electron chi connectivity index (χ0n) is 9.95. The van der Waals surface area contributed by atoms with Crippen molar-refractivity contribution in [2.75, 3.05) is 19.7 Å². The Morgan fingerprint density at radius 1 is 1.60 bits per heavy atom. The highest BCUT2D eigenvalue weighted by atomic mass is 32.1. The molecule has 1 saturated heterocycles. The lowest BCUT2D eigenvalue weighted by atomic mass is 10.1. The third-order valence-electron chi connectivity index (χ3n) is 2.48. The molecule has 1 unspecified atom stereocenters. The molecule has 0 saturated carbocycles. The number of hydrogen-bond acceptors (Lipinski definition) is 2. The molecule has 3 nitrogen and oxygen atoms in total. The number of rotatable bonds is 3. The molecule has 0 spiro atoms. The topological polar surface area (TPSA) is 24.5 Å². The van der Waals surface area contributed by atoms with Crippen molar-refractivity contribution in [2.45, 2.75) is 45.8 Å². The zero-order chi connectivity index (χ0) is 11.3. The van der Waals surface area contributed by atoms with E-state index in [1.54, 1.807) is 0 Å². The molecule has 1 fully saturated rings. The van der Waals surface area contributed by atoms with E-state index in [4.69, 9.17) is 17.0 Å². The summed E-state index contributed by atoms with van der Waals surface area (Å²) in [4.78, 5) is 2.22. The highest BCUT2D eigenvalue weighted by molar-refractivity contribution is 7.80. The van der Waals surface area contributed by atoms with Gasteiger partial charge < -0.3 is 15.0 Å². The summed E-state index contributed by atoms with van der Waals surface area (Å²) in [6, 6.07) is 0.407. The Morgan fingerprint density at radius 2 is 2.33 bits per heavy atom. The molecule has 0 aromatic heterocycles. The highest BCUT2D eigenvalue weighted by Gasteiger charge is 2.21. The first-order valence-electron chi connectivity index (χ1n) is 5.80. The average molecular weight is 230 g/mol. The average Bonchev–Trinajstić information content (AvgIpc) is 2.17. The fraction of sp³-hybridized carbons (Fsp3) is 0.909. The van der Waals surface area contributed by atoms with E-state index < -0.39 is 0 Å². The fourth-order valence-corrected chi connectivity index (χ4v) is 2.23. The van der Waals surface area contributed by atoms with Crippen LogP contribution in [0.3, 0.4) is 0 Å². The first kappa shape index (κ1) is 12.7. The molecule has 1 rings (SSSR count). The standard InChI is InChI=1S/C11H22N2OS/c1-4-14-10-6-5-7-13(8-10)11(15)12-9(2)3/h9-10H,4-8H2,1-3H3,(H,12,15). The normalized spacial score (nSPS) is 21.9. The van der Waals surface area contributed by atoms with E-state index in [-0.39, 0.29) is 0 Å². The van der Waals surface area contributed by atoms with Crippen molar-refractivity contribution in [1.82, 2.24) is 10.2 Å². The first-order valence-corrected chi connectivity index (χ1v) is 6.21. The monoisotopic (exact) mass is 230 g/mol.